The van der Waals surface area contributed by atoms with Crippen LogP contribution in [0, 0.1) is 30.9 Å². The Balaban J connectivity index is 1.76. The van der Waals surface area contributed by atoms with Crippen LogP contribution in [-0.4, -0.2) is 82.4 Å². The number of aryl methyl sites for hydroxylation is 2. The van der Waals surface area contributed by atoms with Crippen molar-refractivity contribution in [1.82, 2.24) is 29.6 Å². The molecule has 11 nitrogen and oxygen atoms in total. The molecule has 1 N–H and O–H groups in total. The number of H-pyrrole nitrogens is 1. The summed E-state index contributed by atoms with van der Waals surface area (Å²) in [5, 5.41) is 7.86. The molecule has 0 radical (unpaired) electrons. The Morgan fingerprint density at radius 2 is 1.92 bits per heavy atom. The largest absolute Gasteiger partial charge is 0.366 e. The van der Waals surface area contributed by atoms with E-state index in [1.807, 2.05) is 39.8 Å². The first-order valence-electron chi connectivity index (χ1n) is 15.8. The van der Waals surface area contributed by atoms with Gasteiger partial charge in [0, 0.05) is 48.4 Å². The number of nitrogens with one attached hydrogen (secondary N) is 1. The lowest BCUT2D eigenvalue weighted by Gasteiger charge is -2.41. The van der Waals surface area contributed by atoms with Gasteiger partial charge in [-0.05, 0) is 49.1 Å². The number of aromatic nitrogens is 5. The smallest absolute Gasteiger partial charge is 0.282 e. The van der Waals surface area contributed by atoms with Crippen LogP contribution < -0.4 is 4.90 Å². The Bertz CT molecular complexity index is 2450. The molecule has 1 aliphatic heterocycles. The Labute approximate surface area is 293 Å². The van der Waals surface area contributed by atoms with Crippen molar-refractivity contribution in [3.63, 3.8) is 0 Å². The SMILES string of the molecule is [C-]#[N+]C[C@H]1CN(c2c(S(C)(=O)=O)c(=S)n(-c3c(C)ccnc3C(C)C)c3nc(-c4c(C)ccc5[nH]ncc45)c(F)cc23)CCN1C(=O)C(=C)F. The fraction of sp³-hybridized carbons (Fsp3) is 0.314. The van der Waals surface area contributed by atoms with E-state index in [-0.39, 0.29) is 64.0 Å². The first-order valence-corrected chi connectivity index (χ1v) is 18.1. The minimum absolute atomic E-state index is 0.0126. The Morgan fingerprint density at radius 1 is 1.18 bits per heavy atom. The maximum Gasteiger partial charge on any atom is 0.282 e. The second kappa shape index (κ2) is 13.0. The second-order valence-electron chi connectivity index (χ2n) is 12.7. The van der Waals surface area contributed by atoms with E-state index in [0.29, 0.717) is 27.8 Å². The summed E-state index contributed by atoms with van der Waals surface area (Å²) in [5.74, 6) is -2.95. The number of carbonyl (C=O) groups excluding carboxylic acids is 1. The van der Waals surface area contributed by atoms with Crippen molar-refractivity contribution in [3.05, 3.63) is 87.8 Å². The molecule has 4 aromatic heterocycles. The van der Waals surface area contributed by atoms with Crippen molar-refractivity contribution < 1.29 is 22.0 Å². The highest BCUT2D eigenvalue weighted by molar-refractivity contribution is 7.91. The molecule has 1 aliphatic rings. The van der Waals surface area contributed by atoms with Gasteiger partial charge in [0.05, 0.1) is 28.8 Å². The van der Waals surface area contributed by atoms with Crippen LogP contribution in [0.1, 0.15) is 36.6 Å². The standard InChI is InChI=1S/C35H34F2N8O3S2/c1-18(2)28-30(20(4)10-11-39-28)45-33-23(14-25(37)29(41-33)27-19(3)8-9-26-24(27)16-40-42-26)31(32(35(45)49)50(7,47)48)43-12-13-44(34(46)21(5)36)22(17-43)15-38-6/h8-11,14,16,18,22H,5,12-13,15,17H2,1-4,7H3,(H,40,42)/t22-/m0/s1. The molecule has 0 saturated carbocycles. The number of anilines is 1. The molecule has 1 amide bonds. The summed E-state index contributed by atoms with van der Waals surface area (Å²) in [4.78, 5) is 28.4. The van der Waals surface area contributed by atoms with Gasteiger partial charge in [0.1, 0.15) is 32.7 Å². The van der Waals surface area contributed by atoms with Gasteiger partial charge >= 0.3 is 0 Å². The molecular weight excluding hydrogens is 683 g/mol. The van der Waals surface area contributed by atoms with E-state index in [1.54, 1.807) is 27.9 Å². The summed E-state index contributed by atoms with van der Waals surface area (Å²) in [7, 11) is -4.12. The van der Waals surface area contributed by atoms with Crippen LogP contribution in [0.3, 0.4) is 0 Å². The molecule has 0 aliphatic carbocycles. The van der Waals surface area contributed by atoms with E-state index >= 15 is 4.39 Å². The van der Waals surface area contributed by atoms with Gasteiger partial charge < -0.3 is 14.6 Å². The van der Waals surface area contributed by atoms with E-state index in [9.17, 15) is 17.6 Å². The zero-order valence-corrected chi connectivity index (χ0v) is 29.7. The lowest BCUT2D eigenvalue weighted by Crippen LogP contribution is -2.56. The number of hydrogen-bond donors (Lipinski definition) is 1. The van der Waals surface area contributed by atoms with Crippen molar-refractivity contribution in [3.8, 4) is 16.9 Å². The molecule has 1 atom stereocenters. The van der Waals surface area contributed by atoms with Gasteiger partial charge in [-0.25, -0.2) is 28.8 Å². The predicted octanol–water partition coefficient (Wildman–Crippen LogP) is 6.40. The van der Waals surface area contributed by atoms with Crippen molar-refractivity contribution >= 4 is 55.6 Å². The van der Waals surface area contributed by atoms with Gasteiger partial charge in [-0.2, -0.15) is 5.10 Å². The average molecular weight is 717 g/mol. The van der Waals surface area contributed by atoms with Crippen LogP contribution in [0.2, 0.25) is 0 Å². The Hall–Kier alpha value is -5.07. The second-order valence-corrected chi connectivity index (χ2v) is 15.1. The number of hydrogen-bond acceptors (Lipinski definition) is 8. The Morgan fingerprint density at radius 3 is 2.58 bits per heavy atom. The predicted molar refractivity (Wildman–Crippen MR) is 191 cm³/mol. The average Bonchev–Trinajstić information content (AvgIpc) is 3.53. The van der Waals surface area contributed by atoms with E-state index in [0.717, 1.165) is 17.4 Å². The summed E-state index contributed by atoms with van der Waals surface area (Å²) in [6, 6.07) is 5.90. The van der Waals surface area contributed by atoms with E-state index < -0.39 is 33.4 Å². The topological polar surface area (TPSA) is 121 Å². The summed E-state index contributed by atoms with van der Waals surface area (Å²) in [5.41, 5.74) is 4.11. The lowest BCUT2D eigenvalue weighted by molar-refractivity contribution is -0.131. The number of rotatable bonds is 7. The molecule has 5 heterocycles. The normalized spacial score (nSPS) is 15.2. The van der Waals surface area contributed by atoms with Gasteiger partial charge in [-0.15, -0.1) is 0 Å². The van der Waals surface area contributed by atoms with E-state index in [2.05, 4.69) is 26.6 Å². The number of fused-ring (bicyclic) bond motifs is 2. The molecule has 0 unspecified atom stereocenters. The van der Waals surface area contributed by atoms with Crippen molar-refractivity contribution in [1.29, 1.82) is 0 Å². The molecule has 50 heavy (non-hydrogen) atoms. The maximum absolute atomic E-state index is 16.7. The highest BCUT2D eigenvalue weighted by atomic mass is 32.2. The van der Waals surface area contributed by atoms with Crippen LogP contribution in [-0.2, 0) is 14.6 Å². The van der Waals surface area contributed by atoms with Gasteiger partial charge in [0.15, 0.2) is 15.7 Å². The van der Waals surface area contributed by atoms with Crippen molar-refractivity contribution in [2.75, 3.05) is 37.3 Å². The quantitative estimate of drug-likeness (QED) is 0.117. The van der Waals surface area contributed by atoms with Crippen LogP contribution >= 0.6 is 12.2 Å². The number of sulfone groups is 1. The number of nitrogens with zero attached hydrogens (tertiary/aromatic N) is 7. The molecule has 5 aromatic rings. The first-order chi connectivity index (χ1) is 23.6. The molecule has 258 valence electrons. The number of pyridine rings is 3. The van der Waals surface area contributed by atoms with Gasteiger partial charge in [-0.3, -0.25) is 19.4 Å². The minimum atomic E-state index is -4.12. The van der Waals surface area contributed by atoms with Crippen LogP contribution in [0.4, 0.5) is 14.5 Å². The Kier molecular flexibility index (Phi) is 9.04. The number of benzene rings is 1. The molecule has 0 spiro atoms. The van der Waals surface area contributed by atoms with E-state index in [1.165, 1.54) is 11.0 Å². The molecule has 1 fully saturated rings. The molecule has 6 rings (SSSR count). The monoisotopic (exact) mass is 716 g/mol. The molecule has 1 aromatic carbocycles. The van der Waals surface area contributed by atoms with Crippen LogP contribution in [0.25, 0.3) is 43.7 Å². The highest BCUT2D eigenvalue weighted by Gasteiger charge is 2.37. The molecule has 15 heteroatoms. The van der Waals surface area contributed by atoms with Crippen LogP contribution in [0.15, 0.2) is 54.0 Å². The third-order valence-corrected chi connectivity index (χ3v) is 10.6. The van der Waals surface area contributed by atoms with Gasteiger partial charge in [-0.1, -0.05) is 38.7 Å². The zero-order valence-electron chi connectivity index (χ0n) is 28.1. The van der Waals surface area contributed by atoms with E-state index in [4.69, 9.17) is 23.8 Å². The number of carbonyl (C=O) groups is 1. The summed E-state index contributed by atoms with van der Waals surface area (Å²) < 4.78 is 59.9. The fourth-order valence-electron chi connectivity index (χ4n) is 6.75. The molecular formula is C35H34F2N8O3S2. The van der Waals surface area contributed by atoms with Crippen molar-refractivity contribution in [2.24, 2.45) is 0 Å². The van der Waals surface area contributed by atoms with Crippen molar-refractivity contribution in [2.45, 2.75) is 44.6 Å². The number of piperazine rings is 1. The number of amides is 1. The fourth-order valence-corrected chi connectivity index (χ4v) is 8.47. The first kappa shape index (κ1) is 34.8. The maximum atomic E-state index is 16.7. The van der Waals surface area contributed by atoms with Gasteiger partial charge in [0.2, 0.25) is 6.54 Å². The third-order valence-electron chi connectivity index (χ3n) is 8.99. The lowest BCUT2D eigenvalue weighted by atomic mass is 9.99. The summed E-state index contributed by atoms with van der Waals surface area (Å²) in [6.45, 7) is 18.0. The number of halogens is 2. The third kappa shape index (κ3) is 5.81. The van der Waals surface area contributed by atoms with Gasteiger partial charge in [0.25, 0.3) is 5.91 Å². The summed E-state index contributed by atoms with van der Waals surface area (Å²) >= 11 is 6.08. The zero-order chi connectivity index (χ0) is 36.2. The van der Waals surface area contributed by atoms with Crippen LogP contribution in [0.5, 0.6) is 0 Å². The minimum Gasteiger partial charge on any atom is -0.366 e. The highest BCUT2D eigenvalue weighted by Crippen LogP contribution is 2.42. The molecule has 1 saturated heterocycles. The summed E-state index contributed by atoms with van der Waals surface area (Å²) in [6.07, 6.45) is 4.29. The number of aromatic amines is 1. The molecule has 0 bridgehead atoms.